The van der Waals surface area contributed by atoms with Gasteiger partial charge < -0.3 is 30.9 Å². The van der Waals surface area contributed by atoms with Gasteiger partial charge in [-0.3, -0.25) is 19.2 Å². The molecule has 34 heavy (non-hydrogen) atoms. The molecule has 2 aliphatic heterocycles. The molecule has 0 aromatic heterocycles. The first-order valence-electron chi connectivity index (χ1n) is 11.9. The van der Waals surface area contributed by atoms with Gasteiger partial charge in [0.15, 0.2) is 0 Å². The maximum atomic E-state index is 12.9. The molecule has 2 aliphatic rings. The van der Waals surface area contributed by atoms with Crippen molar-refractivity contribution in [2.24, 2.45) is 0 Å². The molecule has 2 fully saturated rings. The third-order valence-electron chi connectivity index (χ3n) is 6.58. The van der Waals surface area contributed by atoms with E-state index in [1.165, 1.54) is 0 Å². The molecule has 4 amide bonds. The number of amides is 4. The fraction of sp³-hybridized carbons (Fsp3) is 0.583. The van der Waals surface area contributed by atoms with Gasteiger partial charge >= 0.3 is 0 Å². The van der Waals surface area contributed by atoms with Crippen molar-refractivity contribution in [1.29, 1.82) is 0 Å². The molecule has 0 saturated carbocycles. The number of carbonyl (C=O) groups excluding carboxylic acids is 4. The number of anilines is 1. The Morgan fingerprint density at radius 2 is 1.68 bits per heavy atom. The molecular weight excluding hydrogens is 438 g/mol. The minimum Gasteiger partial charge on any atom is -0.391 e. The molecule has 1 unspecified atom stereocenters. The number of aliphatic hydroxyl groups is 1. The van der Waals surface area contributed by atoms with Crippen LogP contribution in [0, 0.1) is 0 Å². The fourth-order valence-corrected chi connectivity index (χ4v) is 4.62. The van der Waals surface area contributed by atoms with Crippen molar-refractivity contribution in [3.63, 3.8) is 0 Å². The van der Waals surface area contributed by atoms with Crippen LogP contribution in [0.5, 0.6) is 0 Å². The number of nitrogens with zero attached hydrogens (tertiary/aromatic N) is 2. The Kier molecular flexibility index (Phi) is 8.49. The molecule has 4 N–H and O–H groups in total. The predicted octanol–water partition coefficient (Wildman–Crippen LogP) is 0.326. The predicted molar refractivity (Wildman–Crippen MR) is 127 cm³/mol. The Morgan fingerprint density at radius 1 is 1.03 bits per heavy atom. The van der Waals surface area contributed by atoms with Crippen LogP contribution in [-0.2, 0) is 14.4 Å². The van der Waals surface area contributed by atoms with E-state index in [0.29, 0.717) is 31.5 Å². The number of likely N-dealkylation sites (tertiary alicyclic amines) is 2. The molecule has 0 bridgehead atoms. The summed E-state index contributed by atoms with van der Waals surface area (Å²) in [5.41, 5.74) is 1.39. The van der Waals surface area contributed by atoms with Crippen molar-refractivity contribution in [2.45, 2.75) is 63.8 Å². The van der Waals surface area contributed by atoms with E-state index in [4.69, 9.17) is 0 Å². The van der Waals surface area contributed by atoms with Crippen molar-refractivity contribution in [1.82, 2.24) is 20.4 Å². The van der Waals surface area contributed by atoms with E-state index in [2.05, 4.69) is 16.0 Å². The van der Waals surface area contributed by atoms with Crippen LogP contribution < -0.4 is 16.0 Å². The summed E-state index contributed by atoms with van der Waals surface area (Å²) in [4.78, 5) is 53.9. The number of benzene rings is 1. The highest BCUT2D eigenvalue weighted by atomic mass is 16.3. The first-order chi connectivity index (χ1) is 16.2. The number of hydrogen-bond acceptors (Lipinski definition) is 6. The molecule has 186 valence electrons. The third kappa shape index (κ3) is 5.85. The first-order valence-corrected chi connectivity index (χ1v) is 11.9. The largest absolute Gasteiger partial charge is 0.391 e. The van der Waals surface area contributed by atoms with Gasteiger partial charge in [0.05, 0.1) is 18.7 Å². The number of rotatable bonds is 8. The van der Waals surface area contributed by atoms with E-state index in [0.717, 1.165) is 18.5 Å². The highest BCUT2D eigenvalue weighted by molar-refractivity contribution is 5.99. The molecule has 1 aromatic carbocycles. The van der Waals surface area contributed by atoms with E-state index >= 15 is 0 Å². The average Bonchev–Trinajstić information content (AvgIpc) is 3.52. The standard InChI is InChI=1S/C24H35N5O5/c1-15(22(32)26-14-21(31)28-12-4-6-19(28)16(2)30)27-23(33)20-7-5-13-29(20)24(34)17-8-10-18(25-3)11-9-17/h8-11,15-16,19-20,25,30H,4-7,12-14H2,1-3H3,(H,26,32)(H,27,33)/t15-,16?,19-,20-/m0/s1. The highest BCUT2D eigenvalue weighted by Crippen LogP contribution is 2.22. The zero-order chi connectivity index (χ0) is 24.8. The van der Waals surface area contributed by atoms with Crippen LogP contribution >= 0.6 is 0 Å². The summed E-state index contributed by atoms with van der Waals surface area (Å²) < 4.78 is 0. The summed E-state index contributed by atoms with van der Waals surface area (Å²) in [6.07, 6.45) is 2.15. The van der Waals surface area contributed by atoms with Gasteiger partial charge in [-0.2, -0.15) is 0 Å². The Hall–Kier alpha value is -3.14. The Balaban J connectivity index is 1.51. The van der Waals surface area contributed by atoms with E-state index < -0.39 is 24.1 Å². The topological polar surface area (TPSA) is 131 Å². The first kappa shape index (κ1) is 25.5. The molecular formula is C24H35N5O5. The van der Waals surface area contributed by atoms with Crippen molar-refractivity contribution < 1.29 is 24.3 Å². The van der Waals surface area contributed by atoms with Crippen molar-refractivity contribution in [3.8, 4) is 0 Å². The van der Waals surface area contributed by atoms with Crippen molar-refractivity contribution in [3.05, 3.63) is 29.8 Å². The average molecular weight is 474 g/mol. The molecule has 2 heterocycles. The van der Waals surface area contributed by atoms with Crippen LogP contribution in [0.4, 0.5) is 5.69 Å². The summed E-state index contributed by atoms with van der Waals surface area (Å²) in [6.45, 7) is 4.03. The van der Waals surface area contributed by atoms with Gasteiger partial charge in [-0.25, -0.2) is 0 Å². The summed E-state index contributed by atoms with van der Waals surface area (Å²) in [6, 6.07) is 5.30. The zero-order valence-corrected chi connectivity index (χ0v) is 20.0. The van der Waals surface area contributed by atoms with Gasteiger partial charge in [0.25, 0.3) is 5.91 Å². The van der Waals surface area contributed by atoms with Gasteiger partial charge in [-0.1, -0.05) is 0 Å². The lowest BCUT2D eigenvalue weighted by Crippen LogP contribution is -2.53. The van der Waals surface area contributed by atoms with Crippen LogP contribution in [-0.4, -0.2) is 89.4 Å². The number of hydrogen-bond donors (Lipinski definition) is 4. The van der Waals surface area contributed by atoms with Gasteiger partial charge in [-0.05, 0) is 63.8 Å². The Bertz CT molecular complexity index is 904. The Morgan fingerprint density at radius 3 is 2.32 bits per heavy atom. The summed E-state index contributed by atoms with van der Waals surface area (Å²) in [5, 5.41) is 18.1. The van der Waals surface area contributed by atoms with E-state index in [1.54, 1.807) is 55.0 Å². The molecule has 0 aliphatic carbocycles. The van der Waals surface area contributed by atoms with Crippen molar-refractivity contribution in [2.75, 3.05) is 32.0 Å². The summed E-state index contributed by atoms with van der Waals surface area (Å²) >= 11 is 0. The molecule has 10 nitrogen and oxygen atoms in total. The smallest absolute Gasteiger partial charge is 0.254 e. The van der Waals surface area contributed by atoms with Gasteiger partial charge in [0.1, 0.15) is 12.1 Å². The molecule has 3 rings (SSSR count). The van der Waals surface area contributed by atoms with Gasteiger partial charge in [0.2, 0.25) is 17.7 Å². The van der Waals surface area contributed by atoms with E-state index in [1.807, 2.05) is 0 Å². The molecule has 1 aromatic rings. The monoisotopic (exact) mass is 473 g/mol. The van der Waals surface area contributed by atoms with Crippen LogP contribution in [0.3, 0.4) is 0 Å². The van der Waals surface area contributed by atoms with Crippen LogP contribution in [0.2, 0.25) is 0 Å². The minimum absolute atomic E-state index is 0.196. The second-order valence-corrected chi connectivity index (χ2v) is 8.97. The summed E-state index contributed by atoms with van der Waals surface area (Å²) in [5.74, 6) is -1.35. The SMILES string of the molecule is CNc1ccc(C(=O)N2CCC[C@H]2C(=O)N[C@@H](C)C(=O)NCC(=O)N2CCC[C@H]2C(C)O)cc1. The molecule has 0 radical (unpaired) electrons. The Labute approximate surface area is 200 Å². The lowest BCUT2D eigenvalue weighted by molar-refractivity contribution is -0.135. The lowest BCUT2D eigenvalue weighted by Gasteiger charge is -2.27. The van der Waals surface area contributed by atoms with Crippen molar-refractivity contribution >= 4 is 29.3 Å². The normalized spacial score (nSPS) is 21.6. The van der Waals surface area contributed by atoms with Crippen LogP contribution in [0.1, 0.15) is 49.9 Å². The number of carbonyl (C=O) groups is 4. The maximum Gasteiger partial charge on any atom is 0.254 e. The number of aliphatic hydroxyl groups excluding tert-OH is 1. The molecule has 10 heteroatoms. The van der Waals surface area contributed by atoms with E-state index in [9.17, 15) is 24.3 Å². The minimum atomic E-state index is -0.862. The second kappa shape index (κ2) is 11.3. The van der Waals surface area contributed by atoms with E-state index in [-0.39, 0.29) is 30.3 Å². The zero-order valence-electron chi connectivity index (χ0n) is 20.0. The number of nitrogens with one attached hydrogen (secondary N) is 3. The summed E-state index contributed by atoms with van der Waals surface area (Å²) in [7, 11) is 1.80. The highest BCUT2D eigenvalue weighted by Gasteiger charge is 2.36. The quantitative estimate of drug-likeness (QED) is 0.430. The maximum absolute atomic E-state index is 12.9. The van der Waals surface area contributed by atoms with Gasteiger partial charge in [-0.15, -0.1) is 0 Å². The fourth-order valence-electron chi connectivity index (χ4n) is 4.62. The van der Waals surface area contributed by atoms with Crippen LogP contribution in [0.25, 0.3) is 0 Å². The lowest BCUT2D eigenvalue weighted by atomic mass is 10.1. The molecule has 2 saturated heterocycles. The third-order valence-corrected chi connectivity index (χ3v) is 6.58. The molecule has 0 spiro atoms. The van der Waals surface area contributed by atoms with Crippen LogP contribution in [0.15, 0.2) is 24.3 Å². The second-order valence-electron chi connectivity index (χ2n) is 8.97. The molecule has 4 atom stereocenters. The van der Waals surface area contributed by atoms with Gasteiger partial charge in [0, 0.05) is 31.4 Å².